The number of aryl methyl sites for hydroxylation is 1. The van der Waals surface area contributed by atoms with Crippen LogP contribution in [0.15, 0.2) is 24.3 Å². The van der Waals surface area contributed by atoms with Gasteiger partial charge in [-0.3, -0.25) is 9.69 Å². The third-order valence-electron chi connectivity index (χ3n) is 5.53. The second-order valence-electron chi connectivity index (χ2n) is 7.64. The summed E-state index contributed by atoms with van der Waals surface area (Å²) in [6, 6.07) is 8.70. The average molecular weight is 360 g/mol. The summed E-state index contributed by atoms with van der Waals surface area (Å²) >= 11 is 0. The number of hydrogen-bond donors (Lipinski definition) is 1. The molecule has 1 amide bonds. The molecule has 1 aromatic rings. The summed E-state index contributed by atoms with van der Waals surface area (Å²) in [5, 5.41) is 3.07. The molecule has 0 spiro atoms. The molecular weight excluding hydrogens is 326 g/mol. The van der Waals surface area contributed by atoms with Crippen LogP contribution in [0.2, 0.25) is 0 Å². The summed E-state index contributed by atoms with van der Waals surface area (Å²) in [5.74, 6) is 0.894. The molecule has 5 nitrogen and oxygen atoms in total. The fraction of sp³-hybridized carbons (Fsp3) is 0.667. The van der Waals surface area contributed by atoms with E-state index in [1.807, 2.05) is 0 Å². The monoisotopic (exact) mass is 359 g/mol. The van der Waals surface area contributed by atoms with E-state index in [2.05, 4.69) is 46.3 Å². The van der Waals surface area contributed by atoms with Crippen molar-refractivity contribution in [3.8, 4) is 0 Å². The van der Waals surface area contributed by atoms with Crippen molar-refractivity contribution in [2.45, 2.75) is 32.6 Å². The predicted octanol–water partition coefficient (Wildman–Crippen LogP) is 2.44. The SMILES string of the molecule is Cc1cccc(N2CCN(CCC(=O)NCCCC3CCOC3)CC2)c1. The third kappa shape index (κ3) is 5.99. The van der Waals surface area contributed by atoms with Crippen molar-refractivity contribution in [3.05, 3.63) is 29.8 Å². The summed E-state index contributed by atoms with van der Waals surface area (Å²) in [5.41, 5.74) is 2.62. The number of ether oxygens (including phenoxy) is 1. The smallest absolute Gasteiger partial charge is 0.221 e. The van der Waals surface area contributed by atoms with Gasteiger partial charge in [0.2, 0.25) is 5.91 Å². The van der Waals surface area contributed by atoms with E-state index in [9.17, 15) is 4.79 Å². The number of nitrogens with zero attached hydrogens (tertiary/aromatic N) is 2. The van der Waals surface area contributed by atoms with Crippen LogP contribution in [-0.4, -0.2) is 63.3 Å². The molecule has 1 unspecified atom stereocenters. The molecule has 0 saturated carbocycles. The van der Waals surface area contributed by atoms with E-state index in [0.29, 0.717) is 12.3 Å². The highest BCUT2D eigenvalue weighted by Gasteiger charge is 2.18. The van der Waals surface area contributed by atoms with E-state index in [4.69, 9.17) is 4.74 Å². The van der Waals surface area contributed by atoms with Gasteiger partial charge in [0.05, 0.1) is 0 Å². The molecule has 2 heterocycles. The van der Waals surface area contributed by atoms with E-state index < -0.39 is 0 Å². The Kier molecular flexibility index (Phi) is 7.32. The number of nitrogens with one attached hydrogen (secondary N) is 1. The average Bonchev–Trinajstić information content (AvgIpc) is 3.17. The van der Waals surface area contributed by atoms with Crippen molar-refractivity contribution < 1.29 is 9.53 Å². The maximum Gasteiger partial charge on any atom is 0.221 e. The minimum absolute atomic E-state index is 0.189. The molecule has 0 radical (unpaired) electrons. The van der Waals surface area contributed by atoms with Crippen LogP contribution in [0, 0.1) is 12.8 Å². The van der Waals surface area contributed by atoms with E-state index in [-0.39, 0.29) is 5.91 Å². The highest BCUT2D eigenvalue weighted by Crippen LogP contribution is 2.18. The molecule has 1 N–H and O–H groups in total. The highest BCUT2D eigenvalue weighted by molar-refractivity contribution is 5.76. The van der Waals surface area contributed by atoms with Crippen molar-refractivity contribution in [2.75, 3.05) is 57.4 Å². The second kappa shape index (κ2) is 9.93. The molecule has 2 fully saturated rings. The predicted molar refractivity (Wildman–Crippen MR) is 106 cm³/mol. The molecule has 1 atom stereocenters. The highest BCUT2D eigenvalue weighted by atomic mass is 16.5. The van der Waals surface area contributed by atoms with Gasteiger partial charge in [-0.05, 0) is 49.8 Å². The number of hydrogen-bond acceptors (Lipinski definition) is 4. The number of anilines is 1. The Morgan fingerprint density at radius 1 is 1.27 bits per heavy atom. The van der Waals surface area contributed by atoms with Crippen molar-refractivity contribution in [1.29, 1.82) is 0 Å². The summed E-state index contributed by atoms with van der Waals surface area (Å²) in [4.78, 5) is 16.9. The van der Waals surface area contributed by atoms with Gasteiger partial charge in [0.1, 0.15) is 0 Å². The zero-order valence-corrected chi connectivity index (χ0v) is 16.1. The third-order valence-corrected chi connectivity index (χ3v) is 5.53. The van der Waals surface area contributed by atoms with Gasteiger partial charge >= 0.3 is 0 Å². The van der Waals surface area contributed by atoms with Crippen LogP contribution in [-0.2, 0) is 9.53 Å². The Morgan fingerprint density at radius 3 is 2.85 bits per heavy atom. The van der Waals surface area contributed by atoms with Gasteiger partial charge in [0.15, 0.2) is 0 Å². The van der Waals surface area contributed by atoms with Gasteiger partial charge < -0.3 is 15.0 Å². The molecular formula is C21H33N3O2. The van der Waals surface area contributed by atoms with E-state index in [1.165, 1.54) is 24.1 Å². The first-order chi connectivity index (χ1) is 12.7. The number of piperazine rings is 1. The first kappa shape index (κ1) is 19.2. The van der Waals surface area contributed by atoms with Gasteiger partial charge in [-0.25, -0.2) is 0 Å². The number of carbonyl (C=O) groups is 1. The van der Waals surface area contributed by atoms with E-state index in [1.54, 1.807) is 0 Å². The van der Waals surface area contributed by atoms with Gasteiger partial charge in [0, 0.05) is 64.6 Å². The van der Waals surface area contributed by atoms with Crippen LogP contribution in [0.4, 0.5) is 5.69 Å². The van der Waals surface area contributed by atoms with Crippen molar-refractivity contribution in [3.63, 3.8) is 0 Å². The Morgan fingerprint density at radius 2 is 2.12 bits per heavy atom. The zero-order chi connectivity index (χ0) is 18.2. The topological polar surface area (TPSA) is 44.8 Å². The normalized spacial score (nSPS) is 21.1. The largest absolute Gasteiger partial charge is 0.381 e. The maximum absolute atomic E-state index is 12.0. The van der Waals surface area contributed by atoms with Gasteiger partial charge in [0.25, 0.3) is 0 Å². The number of benzene rings is 1. The Hall–Kier alpha value is -1.59. The summed E-state index contributed by atoms with van der Waals surface area (Å²) in [6.07, 6.45) is 4.02. The molecule has 2 aliphatic rings. The van der Waals surface area contributed by atoms with Crippen molar-refractivity contribution in [1.82, 2.24) is 10.2 Å². The van der Waals surface area contributed by atoms with E-state index in [0.717, 1.165) is 58.9 Å². The number of carbonyl (C=O) groups excluding carboxylic acids is 1. The molecule has 3 rings (SSSR count). The van der Waals surface area contributed by atoms with Crippen LogP contribution in [0.1, 0.15) is 31.2 Å². The molecule has 5 heteroatoms. The summed E-state index contributed by atoms with van der Waals surface area (Å²) < 4.78 is 5.39. The molecule has 0 bridgehead atoms. The van der Waals surface area contributed by atoms with Gasteiger partial charge in [-0.2, -0.15) is 0 Å². The molecule has 0 aliphatic carbocycles. The van der Waals surface area contributed by atoms with Gasteiger partial charge in [-0.1, -0.05) is 12.1 Å². The second-order valence-corrected chi connectivity index (χ2v) is 7.64. The van der Waals surface area contributed by atoms with Crippen molar-refractivity contribution in [2.24, 2.45) is 5.92 Å². The lowest BCUT2D eigenvalue weighted by molar-refractivity contribution is -0.121. The fourth-order valence-corrected chi connectivity index (χ4v) is 3.83. The minimum Gasteiger partial charge on any atom is -0.381 e. The van der Waals surface area contributed by atoms with Crippen LogP contribution in [0.25, 0.3) is 0 Å². The first-order valence-electron chi connectivity index (χ1n) is 10.1. The number of rotatable bonds is 8. The molecule has 26 heavy (non-hydrogen) atoms. The Bertz CT molecular complexity index is 564. The zero-order valence-electron chi connectivity index (χ0n) is 16.1. The van der Waals surface area contributed by atoms with Crippen LogP contribution >= 0.6 is 0 Å². The molecule has 1 aromatic carbocycles. The molecule has 144 valence electrons. The first-order valence-corrected chi connectivity index (χ1v) is 10.1. The van der Waals surface area contributed by atoms with Gasteiger partial charge in [-0.15, -0.1) is 0 Å². The van der Waals surface area contributed by atoms with Crippen LogP contribution in [0.5, 0.6) is 0 Å². The number of amides is 1. The van der Waals surface area contributed by atoms with Crippen LogP contribution < -0.4 is 10.2 Å². The fourth-order valence-electron chi connectivity index (χ4n) is 3.83. The summed E-state index contributed by atoms with van der Waals surface area (Å²) in [6.45, 7) is 9.76. The maximum atomic E-state index is 12.0. The lowest BCUT2D eigenvalue weighted by Crippen LogP contribution is -2.47. The molecule has 2 aliphatic heterocycles. The lowest BCUT2D eigenvalue weighted by Gasteiger charge is -2.36. The molecule has 0 aromatic heterocycles. The van der Waals surface area contributed by atoms with Crippen LogP contribution in [0.3, 0.4) is 0 Å². The molecule has 2 saturated heterocycles. The summed E-state index contributed by atoms with van der Waals surface area (Å²) in [7, 11) is 0. The Labute approximate surface area is 157 Å². The minimum atomic E-state index is 0.189. The van der Waals surface area contributed by atoms with E-state index >= 15 is 0 Å². The Balaban J connectivity index is 1.26. The van der Waals surface area contributed by atoms with Crippen molar-refractivity contribution >= 4 is 11.6 Å². The quantitative estimate of drug-likeness (QED) is 0.724. The lowest BCUT2D eigenvalue weighted by atomic mass is 10.0. The standard InChI is InChI=1S/C21H33N3O2/c1-18-4-2-6-20(16-18)24-13-11-23(12-14-24)10-7-21(25)22-9-3-5-19-8-15-26-17-19/h2,4,6,16,19H,3,5,7-15,17H2,1H3,(H,22,25).